The number of rotatable bonds is 3. The Morgan fingerprint density at radius 1 is 1.00 bits per heavy atom. The Morgan fingerprint density at radius 3 is 1.73 bits per heavy atom. The van der Waals surface area contributed by atoms with Crippen LogP contribution in [-0.4, -0.2) is 26.2 Å². The molecule has 1 atom stereocenters. The van der Waals surface area contributed by atoms with Gasteiger partial charge >= 0.3 is 11.9 Å². The summed E-state index contributed by atoms with van der Waals surface area (Å²) in [5.41, 5.74) is -1.23. The van der Waals surface area contributed by atoms with Crippen LogP contribution in [0.15, 0.2) is 0 Å². The number of methoxy groups -OCH3 is 2. The van der Waals surface area contributed by atoms with Gasteiger partial charge in [0.05, 0.1) is 26.1 Å². The molecular weight excluding hydrogens is 196 g/mol. The number of hydrogen-bond acceptors (Lipinski definition) is 4. The van der Waals surface area contributed by atoms with Crippen LogP contribution >= 0.6 is 0 Å². The van der Waals surface area contributed by atoms with E-state index in [9.17, 15) is 9.59 Å². The minimum Gasteiger partial charge on any atom is -0.469 e. The minimum atomic E-state index is -0.866. The third-order valence-corrected chi connectivity index (χ3v) is 3.02. The summed E-state index contributed by atoms with van der Waals surface area (Å²) >= 11 is 0. The van der Waals surface area contributed by atoms with E-state index in [1.165, 1.54) is 14.2 Å². The molecule has 0 aliphatic carbocycles. The molecule has 0 fully saturated rings. The van der Waals surface area contributed by atoms with Crippen molar-refractivity contribution in [3.63, 3.8) is 0 Å². The summed E-state index contributed by atoms with van der Waals surface area (Å²) in [6.45, 7) is 7.41. The van der Waals surface area contributed by atoms with Gasteiger partial charge in [-0.05, 0) is 12.3 Å². The quantitative estimate of drug-likeness (QED) is 0.675. The lowest BCUT2D eigenvalue weighted by molar-refractivity contribution is -0.165. The highest BCUT2D eigenvalue weighted by Crippen LogP contribution is 2.42. The van der Waals surface area contributed by atoms with Crippen LogP contribution in [0.25, 0.3) is 0 Å². The monoisotopic (exact) mass is 216 g/mol. The van der Waals surface area contributed by atoms with Gasteiger partial charge in [-0.25, -0.2) is 0 Å². The summed E-state index contributed by atoms with van der Waals surface area (Å²) in [6, 6.07) is 0. The average molecular weight is 216 g/mol. The van der Waals surface area contributed by atoms with Gasteiger partial charge in [-0.1, -0.05) is 20.8 Å². The van der Waals surface area contributed by atoms with Crippen molar-refractivity contribution in [2.24, 2.45) is 10.8 Å². The van der Waals surface area contributed by atoms with Crippen molar-refractivity contribution in [3.05, 3.63) is 0 Å². The Morgan fingerprint density at radius 2 is 1.47 bits per heavy atom. The van der Waals surface area contributed by atoms with Crippen LogP contribution < -0.4 is 0 Å². The Hall–Kier alpha value is -1.06. The topological polar surface area (TPSA) is 52.6 Å². The van der Waals surface area contributed by atoms with Gasteiger partial charge in [0.2, 0.25) is 0 Å². The van der Waals surface area contributed by atoms with Crippen LogP contribution in [0.1, 0.15) is 34.1 Å². The third-order valence-electron chi connectivity index (χ3n) is 3.02. The standard InChI is InChI=1S/C11H20O4/c1-10(2,3)11(4,9(13)15-6)7-8(12)14-5/h7H2,1-6H3. The maximum absolute atomic E-state index is 11.7. The smallest absolute Gasteiger partial charge is 0.312 e. The zero-order valence-electron chi connectivity index (χ0n) is 10.3. The molecular formula is C11H20O4. The molecule has 4 nitrogen and oxygen atoms in total. The maximum atomic E-state index is 11.7. The van der Waals surface area contributed by atoms with Gasteiger partial charge in [-0.2, -0.15) is 0 Å². The predicted molar refractivity (Wildman–Crippen MR) is 56.2 cm³/mol. The highest BCUT2D eigenvalue weighted by atomic mass is 16.5. The molecule has 15 heavy (non-hydrogen) atoms. The Labute approximate surface area is 90.9 Å². The number of carbonyl (C=O) groups is 2. The van der Waals surface area contributed by atoms with Crippen molar-refractivity contribution in [1.29, 1.82) is 0 Å². The van der Waals surface area contributed by atoms with Crippen molar-refractivity contribution in [2.75, 3.05) is 14.2 Å². The van der Waals surface area contributed by atoms with Gasteiger partial charge < -0.3 is 9.47 Å². The van der Waals surface area contributed by atoms with Gasteiger partial charge in [0.25, 0.3) is 0 Å². The first kappa shape index (κ1) is 13.9. The van der Waals surface area contributed by atoms with Gasteiger partial charge in [-0.15, -0.1) is 0 Å². The van der Waals surface area contributed by atoms with E-state index in [-0.39, 0.29) is 17.8 Å². The molecule has 0 aliphatic rings. The highest BCUT2D eigenvalue weighted by Gasteiger charge is 2.47. The third kappa shape index (κ3) is 2.94. The fraction of sp³-hybridized carbons (Fsp3) is 0.818. The van der Waals surface area contributed by atoms with Gasteiger partial charge in [0.1, 0.15) is 0 Å². The van der Waals surface area contributed by atoms with Crippen LogP contribution in [0.2, 0.25) is 0 Å². The molecule has 0 aromatic heterocycles. The zero-order valence-corrected chi connectivity index (χ0v) is 10.3. The van der Waals surface area contributed by atoms with Crippen LogP contribution in [0.3, 0.4) is 0 Å². The van der Waals surface area contributed by atoms with Gasteiger partial charge in [-0.3, -0.25) is 9.59 Å². The fourth-order valence-electron chi connectivity index (χ4n) is 1.23. The Balaban J connectivity index is 5.04. The Bertz CT molecular complexity index is 252. The first-order valence-corrected chi connectivity index (χ1v) is 4.84. The van der Waals surface area contributed by atoms with E-state index < -0.39 is 11.4 Å². The molecule has 0 bridgehead atoms. The molecule has 0 radical (unpaired) electrons. The molecule has 0 saturated heterocycles. The van der Waals surface area contributed by atoms with E-state index in [2.05, 4.69) is 4.74 Å². The van der Waals surface area contributed by atoms with E-state index in [1.807, 2.05) is 20.8 Å². The molecule has 0 heterocycles. The Kier molecular flexibility index (Phi) is 4.31. The second-order valence-corrected chi connectivity index (χ2v) is 4.83. The molecule has 0 rings (SSSR count). The normalized spacial score (nSPS) is 15.3. The number of hydrogen-bond donors (Lipinski definition) is 0. The fourth-order valence-corrected chi connectivity index (χ4v) is 1.23. The molecule has 0 N–H and O–H groups in total. The number of carbonyl (C=O) groups excluding carboxylic acids is 2. The summed E-state index contributed by atoms with van der Waals surface area (Å²) in [4.78, 5) is 23.0. The molecule has 1 unspecified atom stereocenters. The molecule has 0 amide bonds. The van der Waals surface area contributed by atoms with Crippen LogP contribution in [0.5, 0.6) is 0 Å². The SMILES string of the molecule is COC(=O)CC(C)(C(=O)OC)C(C)(C)C. The largest absolute Gasteiger partial charge is 0.469 e. The predicted octanol–water partition coefficient (Wildman–Crippen LogP) is 1.77. The first-order chi connectivity index (χ1) is 6.69. The lowest BCUT2D eigenvalue weighted by Crippen LogP contribution is -2.43. The van der Waals surface area contributed by atoms with Crippen LogP contribution in [0, 0.1) is 10.8 Å². The van der Waals surface area contributed by atoms with Crippen LogP contribution in [0.4, 0.5) is 0 Å². The summed E-state index contributed by atoms with van der Waals surface area (Å²) in [5.74, 6) is -0.793. The van der Waals surface area contributed by atoms with Crippen molar-refractivity contribution in [3.8, 4) is 0 Å². The zero-order chi connectivity index (χ0) is 12.3. The summed E-state index contributed by atoms with van der Waals surface area (Å²) in [7, 11) is 2.63. The minimum absolute atomic E-state index is 0.0275. The maximum Gasteiger partial charge on any atom is 0.312 e. The summed E-state index contributed by atoms with van der Waals surface area (Å²) in [6.07, 6.45) is 0.0275. The lowest BCUT2D eigenvalue weighted by Gasteiger charge is -2.38. The van der Waals surface area contributed by atoms with Gasteiger partial charge in [0, 0.05) is 0 Å². The number of ether oxygens (including phenoxy) is 2. The molecule has 0 aromatic carbocycles. The summed E-state index contributed by atoms with van der Waals surface area (Å²) in [5, 5.41) is 0. The lowest BCUT2D eigenvalue weighted by atomic mass is 9.66. The molecule has 0 aromatic rings. The second kappa shape index (κ2) is 4.64. The second-order valence-electron chi connectivity index (χ2n) is 4.83. The average Bonchev–Trinajstić information content (AvgIpc) is 2.14. The molecule has 0 saturated carbocycles. The molecule has 88 valence electrons. The van der Waals surface area contributed by atoms with Crippen molar-refractivity contribution >= 4 is 11.9 Å². The summed E-state index contributed by atoms with van der Waals surface area (Å²) < 4.78 is 9.33. The van der Waals surface area contributed by atoms with E-state index in [1.54, 1.807) is 6.92 Å². The van der Waals surface area contributed by atoms with E-state index in [0.29, 0.717) is 0 Å². The van der Waals surface area contributed by atoms with E-state index in [4.69, 9.17) is 4.74 Å². The molecule has 4 heteroatoms. The van der Waals surface area contributed by atoms with Crippen molar-refractivity contribution < 1.29 is 19.1 Å². The van der Waals surface area contributed by atoms with Crippen molar-refractivity contribution in [2.45, 2.75) is 34.1 Å². The van der Waals surface area contributed by atoms with Gasteiger partial charge in [0.15, 0.2) is 0 Å². The van der Waals surface area contributed by atoms with Crippen molar-refractivity contribution in [1.82, 2.24) is 0 Å². The molecule has 0 spiro atoms. The number of esters is 2. The highest BCUT2D eigenvalue weighted by molar-refractivity contribution is 5.83. The van der Waals surface area contributed by atoms with E-state index >= 15 is 0 Å². The van der Waals surface area contributed by atoms with E-state index in [0.717, 1.165) is 0 Å². The molecule has 0 aliphatic heterocycles. The van der Waals surface area contributed by atoms with Crippen LogP contribution in [-0.2, 0) is 19.1 Å². The first-order valence-electron chi connectivity index (χ1n) is 4.84.